The van der Waals surface area contributed by atoms with Crippen molar-refractivity contribution in [2.45, 2.75) is 0 Å². The van der Waals surface area contributed by atoms with Crippen LogP contribution in [0.15, 0.2) is 53.8 Å². The second-order valence-electron chi connectivity index (χ2n) is 4.32. The van der Waals surface area contributed by atoms with Crippen molar-refractivity contribution >= 4 is 22.8 Å². The minimum atomic E-state index is -0.291. The van der Waals surface area contributed by atoms with E-state index in [1.807, 2.05) is 6.07 Å². The summed E-state index contributed by atoms with van der Waals surface area (Å²) in [6.45, 7) is 0. The van der Waals surface area contributed by atoms with Crippen molar-refractivity contribution in [2.75, 3.05) is 5.43 Å². The Bertz CT molecular complexity index is 762. The van der Waals surface area contributed by atoms with E-state index in [-0.39, 0.29) is 11.6 Å². The SMILES string of the molecule is Oc1cccc2[nH]cc(C=NNc3ccc(F)cc3)c12. The first kappa shape index (κ1) is 12.2. The number of fused-ring (bicyclic) bond motifs is 1. The number of hydrogen-bond acceptors (Lipinski definition) is 3. The first-order valence-corrected chi connectivity index (χ1v) is 6.08. The van der Waals surface area contributed by atoms with E-state index in [9.17, 15) is 9.50 Å². The van der Waals surface area contributed by atoms with E-state index in [0.717, 1.165) is 16.5 Å². The van der Waals surface area contributed by atoms with Gasteiger partial charge in [0.2, 0.25) is 0 Å². The molecule has 3 aromatic rings. The number of hydrogen-bond donors (Lipinski definition) is 3. The number of anilines is 1. The highest BCUT2D eigenvalue weighted by Gasteiger charge is 2.05. The average Bonchev–Trinajstić information content (AvgIpc) is 2.86. The van der Waals surface area contributed by atoms with Crippen LogP contribution in [0.25, 0.3) is 10.9 Å². The van der Waals surface area contributed by atoms with Crippen LogP contribution in [0, 0.1) is 5.82 Å². The summed E-state index contributed by atoms with van der Waals surface area (Å²) in [6, 6.07) is 11.2. The number of rotatable bonds is 3. The molecule has 1 heterocycles. The molecule has 0 aliphatic carbocycles. The topological polar surface area (TPSA) is 60.4 Å². The van der Waals surface area contributed by atoms with Crippen molar-refractivity contribution in [3.8, 4) is 5.75 Å². The number of phenolic OH excluding ortho intramolecular Hbond substituents is 1. The zero-order chi connectivity index (χ0) is 13.9. The number of aromatic hydroxyl groups is 1. The Hall–Kier alpha value is -2.82. The van der Waals surface area contributed by atoms with E-state index in [4.69, 9.17) is 0 Å². The zero-order valence-corrected chi connectivity index (χ0v) is 10.5. The van der Waals surface area contributed by atoms with Crippen LogP contribution in [-0.4, -0.2) is 16.3 Å². The zero-order valence-electron chi connectivity index (χ0n) is 10.5. The van der Waals surface area contributed by atoms with E-state index in [2.05, 4.69) is 15.5 Å². The third-order valence-electron chi connectivity index (χ3n) is 2.96. The summed E-state index contributed by atoms with van der Waals surface area (Å²) < 4.78 is 12.8. The number of phenols is 1. The van der Waals surface area contributed by atoms with E-state index in [1.165, 1.54) is 12.1 Å². The lowest BCUT2D eigenvalue weighted by molar-refractivity contribution is 0.481. The van der Waals surface area contributed by atoms with Crippen LogP contribution in [0.5, 0.6) is 5.75 Å². The quantitative estimate of drug-likeness (QED) is 0.503. The maximum atomic E-state index is 12.8. The number of H-pyrrole nitrogens is 1. The lowest BCUT2D eigenvalue weighted by Gasteiger charge is -1.99. The maximum absolute atomic E-state index is 12.8. The molecule has 3 rings (SSSR count). The van der Waals surface area contributed by atoms with E-state index >= 15 is 0 Å². The highest BCUT2D eigenvalue weighted by molar-refractivity contribution is 6.02. The van der Waals surface area contributed by atoms with Gasteiger partial charge in [0, 0.05) is 17.3 Å². The first-order valence-electron chi connectivity index (χ1n) is 6.08. The van der Waals surface area contributed by atoms with Crippen molar-refractivity contribution in [3.05, 3.63) is 60.0 Å². The Morgan fingerprint density at radius 3 is 2.75 bits per heavy atom. The molecule has 0 radical (unpaired) electrons. The Labute approximate surface area is 114 Å². The van der Waals surface area contributed by atoms with Gasteiger partial charge in [-0.05, 0) is 36.4 Å². The van der Waals surface area contributed by atoms with Gasteiger partial charge < -0.3 is 10.1 Å². The monoisotopic (exact) mass is 269 g/mol. The van der Waals surface area contributed by atoms with Gasteiger partial charge in [0.1, 0.15) is 11.6 Å². The molecule has 1 aromatic heterocycles. The lowest BCUT2D eigenvalue weighted by Crippen LogP contribution is -1.90. The molecule has 0 aliphatic heterocycles. The largest absolute Gasteiger partial charge is 0.507 e. The number of benzene rings is 2. The van der Waals surface area contributed by atoms with Crippen LogP contribution >= 0.6 is 0 Å². The normalized spacial score (nSPS) is 11.2. The van der Waals surface area contributed by atoms with Crippen LogP contribution in [-0.2, 0) is 0 Å². The smallest absolute Gasteiger partial charge is 0.125 e. The van der Waals surface area contributed by atoms with E-state index in [0.29, 0.717) is 5.69 Å². The number of aromatic amines is 1. The lowest BCUT2D eigenvalue weighted by atomic mass is 10.2. The summed E-state index contributed by atoms with van der Waals surface area (Å²) >= 11 is 0. The Morgan fingerprint density at radius 1 is 1.15 bits per heavy atom. The molecular formula is C15H12FN3O. The van der Waals surface area contributed by atoms with Crippen LogP contribution in [0.2, 0.25) is 0 Å². The van der Waals surface area contributed by atoms with Gasteiger partial charge in [0.25, 0.3) is 0 Å². The van der Waals surface area contributed by atoms with Crippen molar-refractivity contribution in [1.82, 2.24) is 4.98 Å². The summed E-state index contributed by atoms with van der Waals surface area (Å²) in [4.78, 5) is 3.06. The Kier molecular flexibility index (Phi) is 3.09. The summed E-state index contributed by atoms with van der Waals surface area (Å²) in [7, 11) is 0. The minimum Gasteiger partial charge on any atom is -0.507 e. The molecule has 0 unspecified atom stereocenters. The van der Waals surface area contributed by atoms with Crippen molar-refractivity contribution < 1.29 is 9.50 Å². The fraction of sp³-hybridized carbons (Fsp3) is 0. The molecule has 100 valence electrons. The Morgan fingerprint density at radius 2 is 1.95 bits per heavy atom. The van der Waals surface area contributed by atoms with Gasteiger partial charge in [-0.1, -0.05) is 6.07 Å². The van der Waals surface area contributed by atoms with E-state index in [1.54, 1.807) is 36.7 Å². The van der Waals surface area contributed by atoms with Gasteiger partial charge in [-0.3, -0.25) is 5.43 Å². The summed E-state index contributed by atoms with van der Waals surface area (Å²) in [6.07, 6.45) is 3.36. The van der Waals surface area contributed by atoms with Gasteiger partial charge in [-0.2, -0.15) is 5.10 Å². The molecule has 2 aromatic carbocycles. The van der Waals surface area contributed by atoms with E-state index < -0.39 is 0 Å². The predicted molar refractivity (Wildman–Crippen MR) is 77.6 cm³/mol. The summed E-state index contributed by atoms with van der Waals surface area (Å²) in [5, 5.41) is 14.6. The summed E-state index contributed by atoms with van der Waals surface area (Å²) in [5.74, 6) is -0.0898. The molecule has 20 heavy (non-hydrogen) atoms. The second kappa shape index (κ2) is 5.05. The van der Waals surface area contributed by atoms with Gasteiger partial charge in [0.15, 0.2) is 0 Å². The van der Waals surface area contributed by atoms with Crippen molar-refractivity contribution in [1.29, 1.82) is 0 Å². The molecule has 0 spiro atoms. The molecule has 0 fully saturated rings. The fourth-order valence-corrected chi connectivity index (χ4v) is 1.99. The van der Waals surface area contributed by atoms with Crippen LogP contribution in [0.1, 0.15) is 5.56 Å². The third-order valence-corrected chi connectivity index (χ3v) is 2.96. The molecule has 0 aliphatic rings. The molecule has 0 saturated carbocycles. The minimum absolute atomic E-state index is 0.201. The van der Waals surface area contributed by atoms with Crippen molar-refractivity contribution in [3.63, 3.8) is 0 Å². The predicted octanol–water partition coefficient (Wildman–Crippen LogP) is 3.46. The second-order valence-corrected chi connectivity index (χ2v) is 4.32. The Balaban J connectivity index is 1.82. The van der Waals surface area contributed by atoms with Crippen molar-refractivity contribution in [2.24, 2.45) is 5.10 Å². The van der Waals surface area contributed by atoms with Gasteiger partial charge >= 0.3 is 0 Å². The molecule has 3 N–H and O–H groups in total. The number of nitrogens with one attached hydrogen (secondary N) is 2. The molecule has 0 bridgehead atoms. The first-order chi connectivity index (χ1) is 9.74. The molecule has 0 amide bonds. The summed E-state index contributed by atoms with van der Waals surface area (Å²) in [5.41, 5.74) is 5.10. The third kappa shape index (κ3) is 2.33. The molecule has 0 saturated heterocycles. The van der Waals surface area contributed by atoms with Crippen LogP contribution < -0.4 is 5.43 Å². The van der Waals surface area contributed by atoms with Gasteiger partial charge in [-0.25, -0.2) is 4.39 Å². The maximum Gasteiger partial charge on any atom is 0.125 e. The van der Waals surface area contributed by atoms with Gasteiger partial charge in [0.05, 0.1) is 17.3 Å². The average molecular weight is 269 g/mol. The van der Waals surface area contributed by atoms with Crippen LogP contribution in [0.4, 0.5) is 10.1 Å². The number of nitrogens with zero attached hydrogens (tertiary/aromatic N) is 1. The van der Waals surface area contributed by atoms with Gasteiger partial charge in [-0.15, -0.1) is 0 Å². The molecule has 0 atom stereocenters. The molecule has 4 nitrogen and oxygen atoms in total. The number of hydrazone groups is 1. The fourth-order valence-electron chi connectivity index (χ4n) is 1.99. The highest BCUT2D eigenvalue weighted by atomic mass is 19.1. The standard InChI is InChI=1S/C15H12FN3O/c16-11-4-6-12(7-5-11)19-18-9-10-8-17-13-2-1-3-14(20)15(10)13/h1-9,17,19-20H. The van der Waals surface area contributed by atoms with Crippen LogP contribution in [0.3, 0.4) is 0 Å². The molecular weight excluding hydrogens is 257 g/mol. The molecule has 5 heteroatoms. The highest BCUT2D eigenvalue weighted by Crippen LogP contribution is 2.26. The number of aromatic nitrogens is 1. The number of halogens is 1.